The van der Waals surface area contributed by atoms with Crippen molar-refractivity contribution in [3.05, 3.63) is 26.6 Å². The Morgan fingerprint density at radius 3 is 2.75 bits per heavy atom. The molecule has 0 amide bonds. The Labute approximate surface area is 117 Å². The van der Waals surface area contributed by atoms with Crippen molar-refractivity contribution in [1.82, 2.24) is 5.32 Å². The molecule has 3 nitrogen and oxygen atoms in total. The van der Waals surface area contributed by atoms with Crippen molar-refractivity contribution in [1.29, 1.82) is 0 Å². The number of nitrogens with one attached hydrogen (secondary N) is 1. The Bertz CT molecular complexity index is 370. The van der Waals surface area contributed by atoms with Gasteiger partial charge in [0.25, 0.3) is 0 Å². The Hall–Kier alpha value is 0.190. The molecule has 16 heavy (non-hydrogen) atoms. The van der Waals surface area contributed by atoms with E-state index in [1.54, 1.807) is 0 Å². The van der Waals surface area contributed by atoms with Gasteiger partial charge in [0.15, 0.2) is 0 Å². The van der Waals surface area contributed by atoms with Gasteiger partial charge in [0, 0.05) is 16.6 Å². The average molecular weight is 373 g/mol. The van der Waals surface area contributed by atoms with Crippen LogP contribution in [0.25, 0.3) is 0 Å². The molecule has 1 heterocycles. The van der Waals surface area contributed by atoms with E-state index in [2.05, 4.69) is 37.2 Å². The zero-order valence-electron chi connectivity index (χ0n) is 8.37. The van der Waals surface area contributed by atoms with Crippen LogP contribution >= 0.6 is 44.3 Å². The summed E-state index contributed by atoms with van der Waals surface area (Å²) in [7, 11) is 0. The predicted molar refractivity (Wildman–Crippen MR) is 72.3 cm³/mol. The van der Waals surface area contributed by atoms with Gasteiger partial charge < -0.3 is 15.2 Å². The summed E-state index contributed by atoms with van der Waals surface area (Å²) in [4.78, 5) is 0. The number of phenolic OH excluding ortho intramolecular Hbond substituents is 1. The van der Waals surface area contributed by atoms with Gasteiger partial charge in [0.1, 0.15) is 5.75 Å². The molecule has 1 aliphatic rings. The third-order valence-electron chi connectivity index (χ3n) is 2.35. The molecule has 1 aromatic rings. The van der Waals surface area contributed by atoms with E-state index in [-0.39, 0.29) is 24.2 Å². The maximum absolute atomic E-state index is 9.91. The Balaban J connectivity index is 0.00000128. The van der Waals surface area contributed by atoms with Crippen LogP contribution in [0.5, 0.6) is 5.75 Å². The molecule has 2 rings (SSSR count). The number of benzene rings is 1. The summed E-state index contributed by atoms with van der Waals surface area (Å²) < 4.78 is 7.00. The highest BCUT2D eigenvalue weighted by molar-refractivity contribution is 9.11. The minimum Gasteiger partial charge on any atom is -0.506 e. The summed E-state index contributed by atoms with van der Waals surface area (Å²) in [5.41, 5.74) is 0.857. The molecule has 0 spiro atoms. The molecule has 0 bridgehead atoms. The Morgan fingerprint density at radius 1 is 1.38 bits per heavy atom. The fraction of sp³-hybridized carbons (Fsp3) is 0.400. The molecule has 6 heteroatoms. The van der Waals surface area contributed by atoms with Gasteiger partial charge in [-0.2, -0.15) is 0 Å². The molecule has 0 unspecified atom stereocenters. The van der Waals surface area contributed by atoms with Crippen molar-refractivity contribution in [2.45, 2.75) is 6.04 Å². The van der Waals surface area contributed by atoms with Crippen LogP contribution in [0.4, 0.5) is 0 Å². The highest BCUT2D eigenvalue weighted by atomic mass is 79.9. The van der Waals surface area contributed by atoms with Gasteiger partial charge >= 0.3 is 0 Å². The smallest absolute Gasteiger partial charge is 0.134 e. The lowest BCUT2D eigenvalue weighted by Gasteiger charge is -2.25. The molecule has 90 valence electrons. The number of rotatable bonds is 1. The van der Waals surface area contributed by atoms with Crippen LogP contribution in [-0.2, 0) is 4.74 Å². The highest BCUT2D eigenvalue weighted by Crippen LogP contribution is 2.35. The van der Waals surface area contributed by atoms with Crippen molar-refractivity contribution < 1.29 is 9.84 Å². The number of hydrogen-bond donors (Lipinski definition) is 2. The second-order valence-electron chi connectivity index (χ2n) is 3.41. The molecular weight excluding hydrogens is 361 g/mol. The minimum absolute atomic E-state index is 0. The maximum Gasteiger partial charge on any atom is 0.134 e. The largest absolute Gasteiger partial charge is 0.506 e. The number of aromatic hydroxyl groups is 1. The molecule has 2 N–H and O–H groups in total. The summed E-state index contributed by atoms with van der Waals surface area (Å²) in [6.07, 6.45) is 0. The van der Waals surface area contributed by atoms with E-state index in [1.807, 2.05) is 12.1 Å². The second-order valence-corrected chi connectivity index (χ2v) is 5.18. The van der Waals surface area contributed by atoms with Crippen LogP contribution in [-0.4, -0.2) is 24.9 Å². The van der Waals surface area contributed by atoms with Gasteiger partial charge in [0.05, 0.1) is 23.7 Å². The Kier molecular flexibility index (Phi) is 5.53. The van der Waals surface area contributed by atoms with Crippen LogP contribution in [0.1, 0.15) is 11.6 Å². The first-order valence-electron chi connectivity index (χ1n) is 4.67. The molecule has 1 saturated heterocycles. The number of ether oxygens (including phenoxy) is 1. The summed E-state index contributed by atoms with van der Waals surface area (Å²) in [6.45, 7) is 2.14. The van der Waals surface area contributed by atoms with Crippen LogP contribution in [0.2, 0.25) is 0 Å². The zero-order valence-corrected chi connectivity index (χ0v) is 12.4. The van der Waals surface area contributed by atoms with Crippen LogP contribution in [0.15, 0.2) is 21.1 Å². The van der Waals surface area contributed by atoms with E-state index < -0.39 is 0 Å². The van der Waals surface area contributed by atoms with E-state index in [4.69, 9.17) is 4.74 Å². The summed E-state index contributed by atoms with van der Waals surface area (Å²) in [6, 6.07) is 3.79. The lowest BCUT2D eigenvalue weighted by atomic mass is 10.1. The molecule has 0 saturated carbocycles. The summed E-state index contributed by atoms with van der Waals surface area (Å²) >= 11 is 6.72. The average Bonchev–Trinajstić information content (AvgIpc) is 2.24. The van der Waals surface area contributed by atoms with Crippen molar-refractivity contribution >= 4 is 44.3 Å². The summed E-state index contributed by atoms with van der Waals surface area (Å²) in [5, 5.41) is 13.2. The second kappa shape index (κ2) is 6.21. The van der Waals surface area contributed by atoms with Gasteiger partial charge in [-0.3, -0.25) is 0 Å². The first kappa shape index (κ1) is 14.3. The maximum atomic E-state index is 9.91. The van der Waals surface area contributed by atoms with Crippen molar-refractivity contribution in [3.8, 4) is 5.75 Å². The highest BCUT2D eigenvalue weighted by Gasteiger charge is 2.20. The van der Waals surface area contributed by atoms with E-state index in [0.717, 1.165) is 23.2 Å². The fourth-order valence-electron chi connectivity index (χ4n) is 1.62. The first-order valence-corrected chi connectivity index (χ1v) is 6.26. The number of morpholine rings is 1. The molecule has 1 aromatic carbocycles. The third-order valence-corrected chi connectivity index (χ3v) is 3.42. The van der Waals surface area contributed by atoms with E-state index in [0.29, 0.717) is 11.1 Å². The van der Waals surface area contributed by atoms with Crippen LogP contribution in [0, 0.1) is 0 Å². The van der Waals surface area contributed by atoms with Gasteiger partial charge in [0.2, 0.25) is 0 Å². The van der Waals surface area contributed by atoms with E-state index in [9.17, 15) is 5.11 Å². The predicted octanol–water partition coefficient (Wildman–Crippen LogP) is 3.00. The fourth-order valence-corrected chi connectivity index (χ4v) is 2.87. The molecule has 1 fully saturated rings. The zero-order chi connectivity index (χ0) is 10.8. The van der Waals surface area contributed by atoms with Crippen LogP contribution in [0.3, 0.4) is 0 Å². The molecule has 1 aliphatic heterocycles. The Morgan fingerprint density at radius 2 is 2.12 bits per heavy atom. The van der Waals surface area contributed by atoms with Gasteiger partial charge in [-0.1, -0.05) is 15.9 Å². The van der Waals surface area contributed by atoms with Gasteiger partial charge in [-0.05, 0) is 28.1 Å². The third kappa shape index (κ3) is 3.11. The minimum atomic E-state index is 0. The quantitative estimate of drug-likeness (QED) is 0.795. The SMILES string of the molecule is Cl.Oc1c(Br)cc(Br)cc1[C@@H]1COCCN1. The lowest BCUT2D eigenvalue weighted by Crippen LogP contribution is -2.34. The molecular formula is C10H12Br2ClNO2. The molecule has 1 atom stereocenters. The summed E-state index contributed by atoms with van der Waals surface area (Å²) in [5.74, 6) is 0.279. The van der Waals surface area contributed by atoms with E-state index >= 15 is 0 Å². The molecule has 0 radical (unpaired) electrons. The van der Waals surface area contributed by atoms with E-state index in [1.165, 1.54) is 0 Å². The lowest BCUT2D eigenvalue weighted by molar-refractivity contribution is 0.0760. The topological polar surface area (TPSA) is 41.5 Å². The normalized spacial score (nSPS) is 20.2. The standard InChI is InChI=1S/C10H11Br2NO2.ClH/c11-6-3-7(10(14)8(12)4-6)9-5-15-2-1-13-9;/h3-4,9,13-14H,1-2,5H2;1H/t9-;/m0./s1. The monoisotopic (exact) mass is 371 g/mol. The van der Waals surface area contributed by atoms with Gasteiger partial charge in [-0.15, -0.1) is 12.4 Å². The van der Waals surface area contributed by atoms with Crippen molar-refractivity contribution in [3.63, 3.8) is 0 Å². The number of phenols is 1. The number of halogens is 3. The van der Waals surface area contributed by atoms with Crippen molar-refractivity contribution in [2.75, 3.05) is 19.8 Å². The van der Waals surface area contributed by atoms with Crippen LogP contribution < -0.4 is 5.32 Å². The molecule has 0 aliphatic carbocycles. The first-order chi connectivity index (χ1) is 7.18. The van der Waals surface area contributed by atoms with Gasteiger partial charge in [-0.25, -0.2) is 0 Å². The van der Waals surface area contributed by atoms with Crippen molar-refractivity contribution in [2.24, 2.45) is 0 Å². The number of hydrogen-bond acceptors (Lipinski definition) is 3. The molecule has 0 aromatic heterocycles.